The van der Waals surface area contributed by atoms with Gasteiger partial charge in [0.05, 0.1) is 23.0 Å². The van der Waals surface area contributed by atoms with E-state index in [1.165, 1.54) is 0 Å². The zero-order chi connectivity index (χ0) is 13.3. The first-order chi connectivity index (χ1) is 8.52. The van der Waals surface area contributed by atoms with Gasteiger partial charge >= 0.3 is 0 Å². The Morgan fingerprint density at radius 2 is 2.22 bits per heavy atom. The van der Waals surface area contributed by atoms with Gasteiger partial charge in [-0.3, -0.25) is 4.68 Å². The molecule has 6 nitrogen and oxygen atoms in total. The Morgan fingerprint density at radius 3 is 2.78 bits per heavy atom. The number of nitrogens with zero attached hydrogens (tertiary/aromatic N) is 5. The molecule has 0 amide bonds. The number of thiocarbonyl (C=S) groups is 1. The standard InChI is InChI=1S/C10H13ClN6S/c1-3-17-7(8(11)6(2)14-17)4-16-5-13-10(15-16)9(12)18/h5H,3-4H2,1-2H3,(H2,12,18). The van der Waals surface area contributed by atoms with Gasteiger partial charge < -0.3 is 5.73 Å². The molecule has 18 heavy (non-hydrogen) atoms. The largest absolute Gasteiger partial charge is 0.387 e. The molecule has 0 aliphatic carbocycles. The van der Waals surface area contributed by atoms with Crippen LogP contribution in [-0.2, 0) is 13.1 Å². The van der Waals surface area contributed by atoms with Gasteiger partial charge in [0.15, 0.2) is 0 Å². The summed E-state index contributed by atoms with van der Waals surface area (Å²) in [5.41, 5.74) is 7.17. The lowest BCUT2D eigenvalue weighted by atomic mass is 10.3. The highest BCUT2D eigenvalue weighted by Crippen LogP contribution is 2.20. The summed E-state index contributed by atoms with van der Waals surface area (Å²) >= 11 is 11.0. The molecule has 8 heteroatoms. The molecule has 2 aromatic heterocycles. The molecule has 0 saturated heterocycles. The second kappa shape index (κ2) is 5.03. The zero-order valence-corrected chi connectivity index (χ0v) is 11.7. The SMILES string of the molecule is CCn1nc(C)c(Cl)c1Cn1cnc(C(N)=S)n1. The average molecular weight is 285 g/mol. The molecule has 0 fully saturated rings. The summed E-state index contributed by atoms with van der Waals surface area (Å²) in [6.07, 6.45) is 1.58. The van der Waals surface area contributed by atoms with Crippen LogP contribution in [0.4, 0.5) is 0 Å². The van der Waals surface area contributed by atoms with E-state index in [-0.39, 0.29) is 4.99 Å². The number of hydrogen-bond donors (Lipinski definition) is 1. The van der Waals surface area contributed by atoms with E-state index in [0.29, 0.717) is 17.4 Å². The molecule has 96 valence electrons. The van der Waals surface area contributed by atoms with E-state index in [1.54, 1.807) is 11.0 Å². The van der Waals surface area contributed by atoms with Gasteiger partial charge in [-0.25, -0.2) is 9.67 Å². The van der Waals surface area contributed by atoms with Crippen molar-refractivity contribution < 1.29 is 0 Å². The lowest BCUT2D eigenvalue weighted by Crippen LogP contribution is -2.13. The van der Waals surface area contributed by atoms with Crippen LogP contribution in [-0.4, -0.2) is 29.5 Å². The van der Waals surface area contributed by atoms with Crippen LogP contribution in [0.25, 0.3) is 0 Å². The van der Waals surface area contributed by atoms with Crippen molar-refractivity contribution >= 4 is 28.8 Å². The summed E-state index contributed by atoms with van der Waals surface area (Å²) in [5.74, 6) is 0.361. The van der Waals surface area contributed by atoms with E-state index in [9.17, 15) is 0 Å². The lowest BCUT2D eigenvalue weighted by molar-refractivity contribution is 0.574. The first-order valence-electron chi connectivity index (χ1n) is 5.44. The van der Waals surface area contributed by atoms with E-state index in [2.05, 4.69) is 15.2 Å². The maximum atomic E-state index is 6.22. The molecule has 2 aromatic rings. The fourth-order valence-corrected chi connectivity index (χ4v) is 1.95. The third-order valence-electron chi connectivity index (χ3n) is 2.52. The van der Waals surface area contributed by atoms with Crippen LogP contribution in [0, 0.1) is 6.92 Å². The Kier molecular flexibility index (Phi) is 3.63. The predicted octanol–water partition coefficient (Wildman–Crippen LogP) is 1.14. The van der Waals surface area contributed by atoms with Crippen LogP contribution >= 0.6 is 23.8 Å². The fourth-order valence-electron chi connectivity index (χ4n) is 1.66. The summed E-state index contributed by atoms with van der Waals surface area (Å²) in [6.45, 7) is 5.12. The Balaban J connectivity index is 2.30. The summed E-state index contributed by atoms with van der Waals surface area (Å²) in [5, 5.41) is 9.17. The minimum Gasteiger partial charge on any atom is -0.387 e. The Labute approximate surface area is 115 Å². The smallest absolute Gasteiger partial charge is 0.208 e. The molecule has 2 N–H and O–H groups in total. The molecule has 0 spiro atoms. The van der Waals surface area contributed by atoms with E-state index in [4.69, 9.17) is 29.6 Å². The third-order valence-corrected chi connectivity index (χ3v) is 3.20. The van der Waals surface area contributed by atoms with Crippen molar-refractivity contribution in [3.05, 3.63) is 28.6 Å². The second-order valence-corrected chi connectivity index (χ2v) is 4.61. The van der Waals surface area contributed by atoms with Crippen molar-refractivity contribution in [3.8, 4) is 0 Å². The van der Waals surface area contributed by atoms with Crippen LogP contribution < -0.4 is 5.73 Å². The maximum Gasteiger partial charge on any atom is 0.208 e. The molecule has 0 atom stereocenters. The molecular weight excluding hydrogens is 272 g/mol. The maximum absolute atomic E-state index is 6.22. The van der Waals surface area contributed by atoms with Crippen molar-refractivity contribution in [3.63, 3.8) is 0 Å². The molecule has 0 bridgehead atoms. The van der Waals surface area contributed by atoms with E-state index in [0.717, 1.165) is 17.9 Å². The van der Waals surface area contributed by atoms with Gasteiger partial charge in [0.25, 0.3) is 0 Å². The topological polar surface area (TPSA) is 74.5 Å². The van der Waals surface area contributed by atoms with Gasteiger partial charge in [-0.15, -0.1) is 5.10 Å². The second-order valence-electron chi connectivity index (χ2n) is 3.79. The van der Waals surface area contributed by atoms with Crippen LogP contribution in [0.2, 0.25) is 5.02 Å². The van der Waals surface area contributed by atoms with Crippen molar-refractivity contribution in [1.29, 1.82) is 0 Å². The number of halogens is 1. The Bertz CT molecular complexity index is 587. The van der Waals surface area contributed by atoms with Gasteiger partial charge in [-0.1, -0.05) is 23.8 Å². The minimum atomic E-state index is 0.181. The van der Waals surface area contributed by atoms with Crippen LogP contribution in [0.5, 0.6) is 0 Å². The number of hydrogen-bond acceptors (Lipinski definition) is 4. The van der Waals surface area contributed by atoms with Crippen molar-refractivity contribution in [2.75, 3.05) is 0 Å². The van der Waals surface area contributed by atoms with E-state index >= 15 is 0 Å². The highest BCUT2D eigenvalue weighted by atomic mass is 35.5. The highest BCUT2D eigenvalue weighted by Gasteiger charge is 2.14. The summed E-state index contributed by atoms with van der Waals surface area (Å²) in [7, 11) is 0. The van der Waals surface area contributed by atoms with Gasteiger partial charge in [0, 0.05) is 6.54 Å². The molecule has 0 aliphatic rings. The minimum absolute atomic E-state index is 0.181. The molecule has 0 aromatic carbocycles. The molecular formula is C10H13ClN6S. The van der Waals surface area contributed by atoms with Gasteiger partial charge in [0.1, 0.15) is 11.3 Å². The average Bonchev–Trinajstić information content (AvgIpc) is 2.89. The van der Waals surface area contributed by atoms with Gasteiger partial charge in [0.2, 0.25) is 5.82 Å². The third kappa shape index (κ3) is 2.37. The van der Waals surface area contributed by atoms with E-state index in [1.807, 2.05) is 18.5 Å². The summed E-state index contributed by atoms with van der Waals surface area (Å²) in [6, 6.07) is 0. The highest BCUT2D eigenvalue weighted by molar-refractivity contribution is 7.80. The van der Waals surface area contributed by atoms with Gasteiger partial charge in [-0.05, 0) is 13.8 Å². The number of rotatable bonds is 4. The molecule has 0 aliphatic heterocycles. The number of nitrogens with two attached hydrogens (primary N) is 1. The molecule has 2 rings (SSSR count). The van der Waals surface area contributed by atoms with Crippen molar-refractivity contribution in [1.82, 2.24) is 24.5 Å². The van der Waals surface area contributed by atoms with E-state index < -0.39 is 0 Å². The quantitative estimate of drug-likeness (QED) is 0.852. The Morgan fingerprint density at radius 1 is 1.50 bits per heavy atom. The van der Waals surface area contributed by atoms with Crippen molar-refractivity contribution in [2.45, 2.75) is 26.9 Å². The Hall–Kier alpha value is -1.47. The zero-order valence-electron chi connectivity index (χ0n) is 10.1. The molecule has 0 saturated carbocycles. The van der Waals surface area contributed by atoms with Crippen LogP contribution in [0.3, 0.4) is 0 Å². The summed E-state index contributed by atoms with van der Waals surface area (Å²) in [4.78, 5) is 4.20. The van der Waals surface area contributed by atoms with Crippen LogP contribution in [0.15, 0.2) is 6.33 Å². The number of aromatic nitrogens is 5. The van der Waals surface area contributed by atoms with Crippen molar-refractivity contribution in [2.24, 2.45) is 5.73 Å². The summed E-state index contributed by atoms with van der Waals surface area (Å²) < 4.78 is 3.49. The van der Waals surface area contributed by atoms with Gasteiger partial charge in [-0.2, -0.15) is 5.10 Å². The molecule has 0 radical (unpaired) electrons. The monoisotopic (exact) mass is 284 g/mol. The predicted molar refractivity (Wildman–Crippen MR) is 72.7 cm³/mol. The molecule has 2 heterocycles. The molecule has 0 unspecified atom stereocenters. The normalized spacial score (nSPS) is 10.8. The number of aryl methyl sites for hydroxylation is 2. The fraction of sp³-hybridized carbons (Fsp3) is 0.400. The first-order valence-corrected chi connectivity index (χ1v) is 6.22. The van der Waals surface area contributed by atoms with Crippen LogP contribution in [0.1, 0.15) is 24.1 Å². The first kappa shape index (κ1) is 13.0. The lowest BCUT2D eigenvalue weighted by Gasteiger charge is -2.04.